The molecule has 0 N–H and O–H groups in total. The fraction of sp³-hybridized carbons (Fsp3) is 0.385. The first-order chi connectivity index (χ1) is 7.83. The van der Waals surface area contributed by atoms with Crippen LogP contribution in [0.4, 0.5) is 0 Å². The molecule has 0 fully saturated rings. The van der Waals surface area contributed by atoms with Gasteiger partial charge in [-0.3, -0.25) is 0 Å². The average Bonchev–Trinajstić information content (AvgIpc) is 2.31. The minimum atomic E-state index is 0.497. The first kappa shape index (κ1) is 12.6. The Morgan fingerprint density at radius 1 is 1.25 bits per heavy atom. The molecular formula is C13H17O3. The summed E-state index contributed by atoms with van der Waals surface area (Å²) in [6.07, 6.45) is 2.82. The normalized spacial score (nSPS) is 9.88. The van der Waals surface area contributed by atoms with E-state index in [0.29, 0.717) is 31.3 Å². The zero-order valence-corrected chi connectivity index (χ0v) is 9.79. The molecule has 0 bridgehead atoms. The SMILES string of the molecule is C=[C]c1cccc(OCCOC)c1OCC. The minimum Gasteiger partial charge on any atom is -0.489 e. The Hall–Kier alpha value is -1.48. The lowest BCUT2D eigenvalue weighted by Crippen LogP contribution is -2.06. The fourth-order valence-corrected chi connectivity index (χ4v) is 1.30. The average molecular weight is 221 g/mol. The molecule has 0 saturated carbocycles. The zero-order valence-electron chi connectivity index (χ0n) is 9.79. The molecular weight excluding hydrogens is 204 g/mol. The lowest BCUT2D eigenvalue weighted by molar-refractivity contribution is 0.143. The van der Waals surface area contributed by atoms with Crippen LogP contribution in [0.15, 0.2) is 24.8 Å². The van der Waals surface area contributed by atoms with Crippen LogP contribution in [0.2, 0.25) is 0 Å². The van der Waals surface area contributed by atoms with E-state index in [1.807, 2.05) is 25.1 Å². The van der Waals surface area contributed by atoms with Crippen LogP contribution in [-0.2, 0) is 4.74 Å². The molecule has 0 aliphatic rings. The van der Waals surface area contributed by atoms with E-state index in [2.05, 4.69) is 12.7 Å². The van der Waals surface area contributed by atoms with Gasteiger partial charge in [0.1, 0.15) is 6.61 Å². The Kier molecular flexibility index (Phi) is 5.43. The molecule has 0 aromatic heterocycles. The smallest absolute Gasteiger partial charge is 0.168 e. The van der Waals surface area contributed by atoms with Crippen molar-refractivity contribution in [3.63, 3.8) is 0 Å². The molecule has 0 atom stereocenters. The van der Waals surface area contributed by atoms with Crippen molar-refractivity contribution in [2.24, 2.45) is 0 Å². The molecule has 0 aliphatic heterocycles. The van der Waals surface area contributed by atoms with E-state index >= 15 is 0 Å². The second kappa shape index (κ2) is 6.90. The Morgan fingerprint density at radius 3 is 2.69 bits per heavy atom. The molecule has 1 radical (unpaired) electrons. The number of hydrogen-bond donors (Lipinski definition) is 0. The number of benzene rings is 1. The van der Waals surface area contributed by atoms with E-state index in [9.17, 15) is 0 Å². The summed E-state index contributed by atoms with van der Waals surface area (Å²) in [5.74, 6) is 1.39. The van der Waals surface area contributed by atoms with Crippen LogP contribution in [0.5, 0.6) is 11.5 Å². The molecule has 3 heteroatoms. The second-order valence-corrected chi connectivity index (χ2v) is 3.08. The van der Waals surface area contributed by atoms with Crippen LogP contribution in [0.3, 0.4) is 0 Å². The first-order valence-electron chi connectivity index (χ1n) is 5.24. The summed E-state index contributed by atoms with van der Waals surface area (Å²) in [4.78, 5) is 0. The number of methoxy groups -OCH3 is 1. The summed E-state index contributed by atoms with van der Waals surface area (Å²) < 4.78 is 16.0. The zero-order chi connectivity index (χ0) is 11.8. The van der Waals surface area contributed by atoms with Gasteiger partial charge < -0.3 is 14.2 Å². The highest BCUT2D eigenvalue weighted by Crippen LogP contribution is 2.31. The Bertz CT molecular complexity index is 334. The van der Waals surface area contributed by atoms with Crippen molar-refractivity contribution in [3.05, 3.63) is 36.4 Å². The molecule has 0 spiro atoms. The third-order valence-corrected chi connectivity index (χ3v) is 2.00. The van der Waals surface area contributed by atoms with Crippen LogP contribution in [0.1, 0.15) is 12.5 Å². The molecule has 1 rings (SSSR count). The van der Waals surface area contributed by atoms with Gasteiger partial charge in [0.15, 0.2) is 11.5 Å². The van der Waals surface area contributed by atoms with Crippen molar-refractivity contribution in [2.45, 2.75) is 6.92 Å². The molecule has 0 heterocycles. The van der Waals surface area contributed by atoms with Gasteiger partial charge in [0.05, 0.1) is 13.2 Å². The topological polar surface area (TPSA) is 27.7 Å². The van der Waals surface area contributed by atoms with Gasteiger partial charge in [0.2, 0.25) is 0 Å². The van der Waals surface area contributed by atoms with Crippen LogP contribution >= 0.6 is 0 Å². The highest BCUT2D eigenvalue weighted by Gasteiger charge is 2.08. The van der Waals surface area contributed by atoms with Gasteiger partial charge in [-0.15, -0.1) is 0 Å². The molecule has 16 heavy (non-hydrogen) atoms. The Balaban J connectivity index is 2.83. The highest BCUT2D eigenvalue weighted by molar-refractivity contribution is 5.49. The highest BCUT2D eigenvalue weighted by atomic mass is 16.5. The van der Waals surface area contributed by atoms with Gasteiger partial charge in [0.25, 0.3) is 0 Å². The van der Waals surface area contributed by atoms with Gasteiger partial charge in [0, 0.05) is 12.7 Å². The number of hydrogen-bond acceptors (Lipinski definition) is 3. The van der Waals surface area contributed by atoms with E-state index in [1.165, 1.54) is 0 Å². The molecule has 87 valence electrons. The summed E-state index contributed by atoms with van der Waals surface area (Å²) >= 11 is 0. The van der Waals surface area contributed by atoms with Crippen molar-refractivity contribution in [3.8, 4) is 11.5 Å². The van der Waals surface area contributed by atoms with E-state index < -0.39 is 0 Å². The summed E-state index contributed by atoms with van der Waals surface area (Å²) in [6, 6.07) is 5.64. The summed E-state index contributed by atoms with van der Waals surface area (Å²) in [6.45, 7) is 7.18. The largest absolute Gasteiger partial charge is 0.489 e. The first-order valence-corrected chi connectivity index (χ1v) is 5.24. The lowest BCUT2D eigenvalue weighted by atomic mass is 10.2. The molecule has 1 aromatic carbocycles. The van der Waals surface area contributed by atoms with E-state index in [4.69, 9.17) is 14.2 Å². The van der Waals surface area contributed by atoms with Gasteiger partial charge in [-0.2, -0.15) is 0 Å². The van der Waals surface area contributed by atoms with Crippen LogP contribution in [0.25, 0.3) is 0 Å². The molecule has 0 saturated heterocycles. The molecule has 1 aromatic rings. The van der Waals surface area contributed by atoms with Crippen molar-refractivity contribution in [2.75, 3.05) is 26.9 Å². The van der Waals surface area contributed by atoms with Crippen LogP contribution in [0, 0.1) is 6.08 Å². The summed E-state index contributed by atoms with van der Waals surface area (Å²) in [5, 5.41) is 0. The van der Waals surface area contributed by atoms with Crippen molar-refractivity contribution < 1.29 is 14.2 Å². The van der Waals surface area contributed by atoms with Crippen molar-refractivity contribution >= 4 is 0 Å². The maximum atomic E-state index is 5.55. The number of ether oxygens (including phenoxy) is 3. The van der Waals surface area contributed by atoms with Crippen molar-refractivity contribution in [1.29, 1.82) is 0 Å². The number of rotatable bonds is 7. The van der Waals surface area contributed by atoms with E-state index in [0.717, 1.165) is 5.56 Å². The second-order valence-electron chi connectivity index (χ2n) is 3.08. The predicted octanol–water partition coefficient (Wildman–Crippen LogP) is 2.45. The van der Waals surface area contributed by atoms with Crippen LogP contribution < -0.4 is 9.47 Å². The van der Waals surface area contributed by atoms with Crippen LogP contribution in [-0.4, -0.2) is 26.9 Å². The third kappa shape index (κ3) is 3.28. The predicted molar refractivity (Wildman–Crippen MR) is 63.0 cm³/mol. The van der Waals surface area contributed by atoms with Gasteiger partial charge in [-0.1, -0.05) is 18.7 Å². The monoisotopic (exact) mass is 221 g/mol. The summed E-state index contributed by atoms with van der Waals surface area (Å²) in [7, 11) is 1.64. The molecule has 0 amide bonds. The Labute approximate surface area is 96.6 Å². The molecule has 0 aliphatic carbocycles. The van der Waals surface area contributed by atoms with Crippen molar-refractivity contribution in [1.82, 2.24) is 0 Å². The maximum absolute atomic E-state index is 5.55. The van der Waals surface area contributed by atoms with E-state index in [-0.39, 0.29) is 0 Å². The van der Waals surface area contributed by atoms with Gasteiger partial charge in [-0.05, 0) is 19.1 Å². The molecule has 0 unspecified atom stereocenters. The fourth-order valence-electron chi connectivity index (χ4n) is 1.30. The Morgan fingerprint density at radius 2 is 2.06 bits per heavy atom. The summed E-state index contributed by atoms with van der Waals surface area (Å²) in [5.41, 5.74) is 0.816. The number of para-hydroxylation sites is 1. The third-order valence-electron chi connectivity index (χ3n) is 2.00. The van der Waals surface area contributed by atoms with Gasteiger partial charge >= 0.3 is 0 Å². The standard InChI is InChI=1S/C13H17O3/c1-4-11-7-6-8-12(13(11)15-5-2)16-10-9-14-3/h6-8H,1,5,9-10H2,2-3H3. The molecule has 3 nitrogen and oxygen atoms in total. The van der Waals surface area contributed by atoms with Gasteiger partial charge in [-0.25, -0.2) is 0 Å². The van der Waals surface area contributed by atoms with E-state index in [1.54, 1.807) is 7.11 Å². The maximum Gasteiger partial charge on any atom is 0.168 e. The lowest BCUT2D eigenvalue weighted by Gasteiger charge is -2.13. The minimum absolute atomic E-state index is 0.497. The quantitative estimate of drug-likeness (QED) is 0.662.